The molecule has 6 nitrogen and oxygen atoms in total. The molecule has 2 aromatic carbocycles. The molecular weight excluding hydrogens is 451 g/mol. The van der Waals surface area contributed by atoms with Crippen molar-refractivity contribution in [2.75, 3.05) is 19.0 Å². The van der Waals surface area contributed by atoms with Crippen LogP contribution in [0.25, 0.3) is 0 Å². The van der Waals surface area contributed by atoms with Gasteiger partial charge in [-0.25, -0.2) is 9.18 Å². The number of halogens is 1. The maximum Gasteiger partial charge on any atom is 0.411 e. The summed E-state index contributed by atoms with van der Waals surface area (Å²) in [6.07, 6.45) is 0.0367. The van der Waals surface area contributed by atoms with Gasteiger partial charge in [-0.1, -0.05) is 43.9 Å². The fourth-order valence-electron chi connectivity index (χ4n) is 4.15. The average molecular weight is 487 g/mol. The Morgan fingerprint density at radius 2 is 1.85 bits per heavy atom. The minimum Gasteiger partial charge on any atom is -0.444 e. The van der Waals surface area contributed by atoms with Crippen LogP contribution in [0.5, 0.6) is 0 Å². The van der Waals surface area contributed by atoms with Gasteiger partial charge in [-0.05, 0) is 61.2 Å². The van der Waals surface area contributed by atoms with Crippen LogP contribution in [0.4, 0.5) is 14.9 Å². The Morgan fingerprint density at radius 3 is 2.44 bits per heavy atom. The fourth-order valence-corrected chi connectivity index (χ4v) is 5.52. The zero-order valence-electron chi connectivity index (χ0n) is 21.1. The third-order valence-corrected chi connectivity index (χ3v) is 7.69. The van der Waals surface area contributed by atoms with Gasteiger partial charge < -0.3 is 14.8 Å². The second kappa shape index (κ2) is 9.88. The topological polar surface area (TPSA) is 67.9 Å². The van der Waals surface area contributed by atoms with Crippen molar-refractivity contribution >= 4 is 30.9 Å². The highest BCUT2D eigenvalue weighted by Gasteiger charge is 2.38. The normalized spacial score (nSPS) is 16.1. The summed E-state index contributed by atoms with van der Waals surface area (Å²) in [6.45, 7) is 12.4. The lowest BCUT2D eigenvalue weighted by Crippen LogP contribution is -2.47. The Balaban J connectivity index is 1.95. The minimum absolute atomic E-state index is 0.325. The van der Waals surface area contributed by atoms with E-state index in [4.69, 9.17) is 9.47 Å². The number of carbonyl (C=O) groups excluding carboxylic acids is 2. The molecule has 0 unspecified atom stereocenters. The maximum atomic E-state index is 14.8. The van der Waals surface area contributed by atoms with Crippen LogP contribution < -0.4 is 10.5 Å². The molecule has 1 aliphatic heterocycles. The van der Waals surface area contributed by atoms with Crippen molar-refractivity contribution < 1.29 is 23.5 Å². The van der Waals surface area contributed by atoms with Crippen LogP contribution in [0.2, 0.25) is 19.6 Å². The number of fused-ring (bicyclic) bond motifs is 1. The number of rotatable bonds is 5. The molecule has 8 heteroatoms. The van der Waals surface area contributed by atoms with Crippen LogP contribution in [-0.4, -0.2) is 44.2 Å². The van der Waals surface area contributed by atoms with Crippen molar-refractivity contribution in [1.82, 2.24) is 4.90 Å². The first-order valence-electron chi connectivity index (χ1n) is 11.5. The predicted octanol–water partition coefficient (Wildman–Crippen LogP) is 4.99. The number of carbonyl (C=O) groups is 2. The summed E-state index contributed by atoms with van der Waals surface area (Å²) in [5, 5.41) is 3.53. The Labute approximate surface area is 202 Å². The number of hydrogen-bond donors (Lipinski definition) is 1. The second-order valence-electron chi connectivity index (χ2n) is 10.7. The molecule has 3 rings (SSSR count). The lowest BCUT2D eigenvalue weighted by molar-refractivity contribution is -0.121. The standard InChI is InChI=1S/C26H35FN2O4Si/c1-26(2,3)33-25(31)29-13-12-18-14-17(16-32-4)8-10-20(18)23(29)24(30)28-19-9-11-22(21(27)15-19)34(5,6)7/h8-11,14-15,23H,12-13,16H2,1-7H3,(H,28,30)/t23-/m1/s1. The van der Waals surface area contributed by atoms with E-state index in [1.807, 2.05) is 18.2 Å². The Morgan fingerprint density at radius 1 is 1.15 bits per heavy atom. The van der Waals surface area contributed by atoms with Crippen LogP contribution in [0, 0.1) is 5.82 Å². The van der Waals surface area contributed by atoms with Gasteiger partial charge in [-0.2, -0.15) is 0 Å². The number of nitrogens with one attached hydrogen (secondary N) is 1. The SMILES string of the molecule is COCc1ccc2c(c1)CCN(C(=O)OC(C)(C)C)[C@H]2C(=O)Nc1ccc([Si](C)(C)C)c(F)c1. The predicted molar refractivity (Wildman–Crippen MR) is 135 cm³/mol. The Bertz CT molecular complexity index is 1080. The van der Waals surface area contributed by atoms with Gasteiger partial charge in [-0.15, -0.1) is 0 Å². The van der Waals surface area contributed by atoms with E-state index in [0.717, 1.165) is 16.7 Å². The fraction of sp³-hybridized carbons (Fsp3) is 0.462. The zero-order chi connectivity index (χ0) is 25.3. The third kappa shape index (κ3) is 6.04. The monoisotopic (exact) mass is 486 g/mol. The van der Waals surface area contributed by atoms with Crippen molar-refractivity contribution in [1.29, 1.82) is 0 Å². The van der Waals surface area contributed by atoms with E-state index in [2.05, 4.69) is 25.0 Å². The van der Waals surface area contributed by atoms with Crippen LogP contribution in [0.15, 0.2) is 36.4 Å². The molecule has 1 aliphatic rings. The van der Waals surface area contributed by atoms with Crippen molar-refractivity contribution in [3.05, 3.63) is 58.9 Å². The van der Waals surface area contributed by atoms with Gasteiger partial charge in [0.05, 0.1) is 14.7 Å². The van der Waals surface area contributed by atoms with Gasteiger partial charge in [0, 0.05) is 19.3 Å². The molecule has 1 heterocycles. The van der Waals surface area contributed by atoms with Gasteiger partial charge in [0.2, 0.25) is 0 Å². The van der Waals surface area contributed by atoms with Gasteiger partial charge in [0.25, 0.3) is 5.91 Å². The van der Waals surface area contributed by atoms with Crippen LogP contribution in [0.3, 0.4) is 0 Å². The number of nitrogens with zero attached hydrogens (tertiary/aromatic N) is 1. The molecule has 0 bridgehead atoms. The molecule has 34 heavy (non-hydrogen) atoms. The van der Waals surface area contributed by atoms with Crippen LogP contribution in [0.1, 0.15) is 43.5 Å². The molecule has 0 saturated carbocycles. The molecule has 1 atom stereocenters. The van der Waals surface area contributed by atoms with E-state index in [1.54, 1.807) is 40.0 Å². The summed E-state index contributed by atoms with van der Waals surface area (Å²) >= 11 is 0. The summed E-state index contributed by atoms with van der Waals surface area (Å²) in [5.74, 6) is -0.735. The number of benzene rings is 2. The van der Waals surface area contributed by atoms with Gasteiger partial charge >= 0.3 is 6.09 Å². The number of ether oxygens (including phenoxy) is 2. The van der Waals surface area contributed by atoms with Crippen molar-refractivity contribution in [2.24, 2.45) is 0 Å². The summed E-state index contributed by atoms with van der Waals surface area (Å²) in [7, 11) is -0.217. The minimum atomic E-state index is -1.85. The molecule has 184 valence electrons. The molecule has 0 radical (unpaired) electrons. The average Bonchev–Trinajstić information content (AvgIpc) is 2.70. The van der Waals surface area contributed by atoms with Crippen LogP contribution in [-0.2, 0) is 27.3 Å². The molecule has 0 aliphatic carbocycles. The van der Waals surface area contributed by atoms with E-state index in [-0.39, 0.29) is 5.82 Å². The smallest absolute Gasteiger partial charge is 0.411 e. The first-order chi connectivity index (χ1) is 15.8. The quantitative estimate of drug-likeness (QED) is 0.605. The number of methoxy groups -OCH3 is 1. The summed E-state index contributed by atoms with van der Waals surface area (Å²) in [5.41, 5.74) is 2.37. The first-order valence-corrected chi connectivity index (χ1v) is 15.0. The number of hydrogen-bond acceptors (Lipinski definition) is 4. The highest BCUT2D eigenvalue weighted by atomic mass is 28.3. The summed E-state index contributed by atoms with van der Waals surface area (Å²) < 4.78 is 25.6. The highest BCUT2D eigenvalue weighted by molar-refractivity contribution is 6.88. The molecular formula is C26H35FN2O4Si. The largest absolute Gasteiger partial charge is 0.444 e. The summed E-state index contributed by atoms with van der Waals surface area (Å²) in [6, 6.07) is 9.69. The van der Waals surface area contributed by atoms with Gasteiger partial charge in [-0.3, -0.25) is 9.69 Å². The Kier molecular flexibility index (Phi) is 7.52. The number of anilines is 1. The molecule has 0 aromatic heterocycles. The lowest BCUT2D eigenvalue weighted by atomic mass is 9.90. The van der Waals surface area contributed by atoms with Crippen molar-refractivity contribution in [2.45, 2.75) is 65.1 Å². The molecule has 0 saturated heterocycles. The second-order valence-corrected chi connectivity index (χ2v) is 15.8. The summed E-state index contributed by atoms with van der Waals surface area (Å²) in [4.78, 5) is 28.0. The van der Waals surface area contributed by atoms with E-state index in [1.165, 1.54) is 11.0 Å². The van der Waals surface area contributed by atoms with E-state index >= 15 is 0 Å². The number of amides is 2. The van der Waals surface area contributed by atoms with Gasteiger partial charge in [0.15, 0.2) is 0 Å². The lowest BCUT2D eigenvalue weighted by Gasteiger charge is -2.37. The van der Waals surface area contributed by atoms with E-state index in [9.17, 15) is 14.0 Å². The van der Waals surface area contributed by atoms with Crippen LogP contribution >= 0.6 is 0 Å². The van der Waals surface area contributed by atoms with Crippen molar-refractivity contribution in [3.63, 3.8) is 0 Å². The Hall–Kier alpha value is -2.71. The molecule has 1 N–H and O–H groups in total. The third-order valence-electron chi connectivity index (χ3n) is 5.67. The molecule has 0 fully saturated rings. The van der Waals surface area contributed by atoms with Crippen molar-refractivity contribution in [3.8, 4) is 0 Å². The molecule has 0 spiro atoms. The first kappa shape index (κ1) is 25.9. The van der Waals surface area contributed by atoms with E-state index in [0.29, 0.717) is 30.4 Å². The molecule has 2 aromatic rings. The van der Waals surface area contributed by atoms with E-state index < -0.39 is 31.7 Å². The molecule has 2 amide bonds. The highest BCUT2D eigenvalue weighted by Crippen LogP contribution is 2.33. The maximum absolute atomic E-state index is 14.8. The zero-order valence-corrected chi connectivity index (χ0v) is 22.1. The van der Waals surface area contributed by atoms with Gasteiger partial charge in [0.1, 0.15) is 17.5 Å².